The van der Waals surface area contributed by atoms with Gasteiger partial charge in [0.15, 0.2) is 0 Å². The van der Waals surface area contributed by atoms with E-state index in [0.29, 0.717) is 0 Å². The third-order valence-corrected chi connectivity index (χ3v) is 30.5. The number of ether oxygens (including phenoxy) is 2. The first kappa shape index (κ1) is 133. The van der Waals surface area contributed by atoms with Crippen molar-refractivity contribution in [3.63, 3.8) is 0 Å². The fourth-order valence-corrected chi connectivity index (χ4v) is 2.76. The molecule has 71 heavy (non-hydrogen) atoms. The molecule has 442 valence electrons. The van der Waals surface area contributed by atoms with Crippen LogP contribution in [-0.4, -0.2) is 117 Å². The van der Waals surface area contributed by atoms with Gasteiger partial charge in [0.25, 0.3) is 5.97 Å². The molecule has 0 aromatic carbocycles. The number of carboxylic acids is 1. The van der Waals surface area contributed by atoms with Crippen LogP contribution in [-0.2, 0) is 195 Å². The minimum Gasteiger partial charge on any atom is -0.481 e. The number of aliphatic hydroxyl groups excluding tert-OH is 2. The number of aliphatic carboxylic acids is 1. The smallest absolute Gasteiger partial charge is 0.302 e. The molecule has 13 nitrogen and oxygen atoms in total. The Labute approximate surface area is 532 Å². The lowest BCUT2D eigenvalue weighted by atomic mass is 10.6. The summed E-state index contributed by atoms with van der Waals surface area (Å²) in [5, 5.41) is 21.4. The Morgan fingerprint density at radius 2 is 0.549 bits per heavy atom. The number of rotatable bonds is 2. The zero-order valence-electron chi connectivity index (χ0n) is 43.3. The number of hydrogen-bond acceptors (Lipinski definition) is 20. The SMILES string of the molecule is CC.CC.CC(=O)N(C)C.CC(=O)N(C)C.CC(=O)O.CC(C)=O.CO.CO.COC(C)=O.COC(C)=O.PP(P)P.PP(P)P.PPP(P)P.PPP(P)P.S=S.S=S.S=S=S.S=S=S.S=S=S=S=S. The van der Waals surface area contributed by atoms with Crippen LogP contribution in [0.2, 0.25) is 0 Å². The molecule has 0 bridgehead atoms. The summed E-state index contributed by atoms with van der Waals surface area (Å²) in [7, 11) is 51.7. The molecule has 0 aromatic heterocycles. The van der Waals surface area contributed by atoms with Gasteiger partial charge in [-0.25, -0.2) is 0 Å². The van der Waals surface area contributed by atoms with E-state index in [2.05, 4.69) is 228 Å². The fourth-order valence-electron chi connectivity index (χ4n) is 0.0113. The Balaban J connectivity index is -0.0000000239. The van der Waals surface area contributed by atoms with Crippen molar-refractivity contribution in [1.29, 1.82) is 0 Å². The molecule has 0 rings (SSSR count). The predicted octanol–water partition coefficient (Wildman–Crippen LogP) is 11.0. The lowest BCUT2D eigenvalue weighted by Crippen LogP contribution is -2.17. The number of ketones is 1. The summed E-state index contributed by atoms with van der Waals surface area (Å²) in [6.45, 7) is 18.6. The van der Waals surface area contributed by atoms with Gasteiger partial charge in [-0.2, -0.15) is 0 Å². The van der Waals surface area contributed by atoms with Crippen LogP contribution in [0.4, 0.5) is 0 Å². The summed E-state index contributed by atoms with van der Waals surface area (Å²) < 4.78 is 8.22. The minimum absolute atomic E-state index is 0.0926. The second kappa shape index (κ2) is 165. The Morgan fingerprint density at radius 3 is 0.549 bits per heavy atom. The van der Waals surface area contributed by atoms with Crippen LogP contribution >= 0.6 is 151 Å². The standard InChI is InChI=1S/2C4H9NO.2C3H6O2.C3H6O.C2H4O2.2C2H6.2CH4O.2H7P5.2H6P4.S5.2S3.2S2/c2*1-4(6)5(2)3;2*1-3(4)5-2;1-3(2)4;1-2(3)4;4*1-2;2*1-4-5(2)3;2*1-4(2)3;1-3-5-4-2;2*1-3-2;2*1-2/h2*1-3H3;2*1-2H3;1-2H3;1H3,(H,3,4);2*1-2H3;2*2H,1H3;2*4H,1-3H2;2*1-3H2;;;;;. The monoisotopic (exact) mass is 1630 g/mol. The third-order valence-electron chi connectivity index (χ3n) is 2.19. The van der Waals surface area contributed by atoms with E-state index in [1.807, 2.05) is 27.7 Å². The first-order valence-electron chi connectivity index (χ1n) is 16.6. The van der Waals surface area contributed by atoms with Gasteiger partial charge >= 0.3 is 11.9 Å². The number of aliphatic hydroxyl groups is 2. The van der Waals surface area contributed by atoms with Crippen LogP contribution in [0.1, 0.15) is 76.2 Å². The van der Waals surface area contributed by atoms with Gasteiger partial charge in [0.1, 0.15) is 5.78 Å². The second-order valence-electron chi connectivity index (χ2n) is 7.95. The number of nitrogens with zero attached hydrogens (tertiary/aromatic N) is 2. The van der Waals surface area contributed by atoms with Crippen molar-refractivity contribution in [2.75, 3.05) is 56.6 Å². The van der Waals surface area contributed by atoms with Gasteiger partial charge < -0.3 is 39.4 Å². The van der Waals surface area contributed by atoms with E-state index in [4.69, 9.17) is 20.1 Å². The molecule has 3 N–H and O–H groups in total. The number of carbonyl (C=O) groups is 6. The second-order valence-corrected chi connectivity index (χ2v) is 67.9. The maximum absolute atomic E-state index is 10.1. The Kier molecular flexibility index (Phi) is 310. The lowest BCUT2D eigenvalue weighted by Gasteiger charge is -2.02. The fraction of sp³-hybridized carbons (Fsp3) is 0.760. The molecule has 0 aromatic rings. The van der Waals surface area contributed by atoms with Crippen molar-refractivity contribution < 1.29 is 53.6 Å². The van der Waals surface area contributed by atoms with Crippen LogP contribution in [0, 0.1) is 0 Å². The van der Waals surface area contributed by atoms with Crippen molar-refractivity contribution >= 4 is 343 Å². The van der Waals surface area contributed by atoms with Crippen molar-refractivity contribution in [2.24, 2.45) is 0 Å². The van der Waals surface area contributed by atoms with Gasteiger partial charge in [-0.15, -0.1) is 107 Å². The maximum atomic E-state index is 10.1. The molecule has 0 aliphatic rings. The quantitative estimate of drug-likeness (QED) is 0.175. The highest BCUT2D eigenvalue weighted by atomic mass is 33.3. The molecule has 0 saturated carbocycles. The molecule has 0 fully saturated rings. The van der Waals surface area contributed by atoms with Crippen molar-refractivity contribution in [2.45, 2.75) is 76.2 Å². The van der Waals surface area contributed by atoms with Gasteiger partial charge in [0.2, 0.25) is 11.8 Å². The van der Waals surface area contributed by atoms with Crippen molar-refractivity contribution in [3.8, 4) is 0 Å². The topological polar surface area (TPSA) is 188 Å². The molecular formula is C25H86N2O11P18S15. The summed E-state index contributed by atoms with van der Waals surface area (Å²) in [5.41, 5.74) is 0. The first-order valence-corrected chi connectivity index (χ1v) is 58.8. The van der Waals surface area contributed by atoms with Gasteiger partial charge in [-0.3, -0.25) is 24.0 Å². The van der Waals surface area contributed by atoms with Crippen LogP contribution in [0.15, 0.2) is 0 Å². The highest BCUT2D eigenvalue weighted by molar-refractivity contribution is 8.78. The molecule has 0 radical (unpaired) electrons. The Morgan fingerprint density at radius 1 is 0.479 bits per heavy atom. The van der Waals surface area contributed by atoms with E-state index in [1.54, 1.807) is 28.2 Å². The molecule has 46 heteroatoms. The Bertz CT molecular complexity index is 1110. The average Bonchev–Trinajstić information content (AvgIpc) is 3.29. The highest BCUT2D eigenvalue weighted by Gasteiger charge is 1.88. The van der Waals surface area contributed by atoms with Gasteiger partial charge in [-0.05, 0) is 41.8 Å². The van der Waals surface area contributed by atoms with Gasteiger partial charge in [0, 0.05) is 233 Å². The summed E-state index contributed by atoms with van der Waals surface area (Å²) in [6, 6.07) is 0. The zero-order chi connectivity index (χ0) is 63.3. The van der Waals surface area contributed by atoms with Crippen LogP contribution in [0.5, 0.6) is 0 Å². The third kappa shape index (κ3) is 667. The van der Waals surface area contributed by atoms with Crippen LogP contribution < -0.4 is 0 Å². The molecule has 0 aliphatic carbocycles. The molecule has 14 atom stereocenters. The number of carboxylic acid groups (broad SMARTS) is 1. The molecule has 0 spiro atoms. The summed E-state index contributed by atoms with van der Waals surface area (Å²) in [5.74, 6) is -0.972. The largest absolute Gasteiger partial charge is 0.481 e. The van der Waals surface area contributed by atoms with E-state index in [9.17, 15) is 24.0 Å². The minimum atomic E-state index is -0.833. The number of esters is 2. The molecule has 2 amide bonds. The molecule has 0 aliphatic heterocycles. The maximum Gasteiger partial charge on any atom is 0.302 e. The number of amides is 2. The van der Waals surface area contributed by atoms with Crippen LogP contribution in [0.25, 0.3) is 0 Å². The highest BCUT2D eigenvalue weighted by Crippen LogP contribution is 2.72. The number of carbonyl (C=O) groups excluding carboxylic acids is 5. The first-order chi connectivity index (χ1) is 32.5. The van der Waals surface area contributed by atoms with E-state index in [-0.39, 0.29) is 57.5 Å². The molecule has 0 heterocycles. The van der Waals surface area contributed by atoms with Crippen molar-refractivity contribution in [3.05, 3.63) is 0 Å². The van der Waals surface area contributed by atoms with E-state index in [1.165, 1.54) is 92.2 Å². The van der Waals surface area contributed by atoms with Crippen LogP contribution in [0.3, 0.4) is 0 Å². The number of hydrogen-bond donors (Lipinski definition) is 3. The average molecular weight is 1630 g/mol. The molecular weight excluding hydrogens is 1540 g/mol. The normalized spacial score (nSPS) is 6.89. The van der Waals surface area contributed by atoms with Crippen molar-refractivity contribution in [1.82, 2.24) is 9.80 Å². The van der Waals surface area contributed by atoms with E-state index < -0.39 is 5.97 Å². The zero-order valence-corrected chi connectivity index (χ0v) is 75.0. The van der Waals surface area contributed by atoms with Gasteiger partial charge in [0.05, 0.1) is 14.2 Å². The van der Waals surface area contributed by atoms with Gasteiger partial charge in [-0.1, -0.05) is 43.6 Å². The Hall–Kier alpha value is 7.98. The summed E-state index contributed by atoms with van der Waals surface area (Å²) in [4.78, 5) is 60.8. The van der Waals surface area contributed by atoms with E-state index >= 15 is 0 Å². The van der Waals surface area contributed by atoms with E-state index in [0.717, 1.165) is 54.8 Å². The molecule has 14 unspecified atom stereocenters. The predicted molar refractivity (Wildman–Crippen MR) is 424 cm³/mol. The summed E-state index contributed by atoms with van der Waals surface area (Å²) in [6.07, 6.45) is 0. The summed E-state index contributed by atoms with van der Waals surface area (Å²) >= 11 is 40.1. The number of Topliss-reactive ketones (excluding diaryl/α,β-unsaturated/α-hetero) is 1. The lowest BCUT2D eigenvalue weighted by molar-refractivity contribution is -0.138. The molecule has 0 saturated heterocycles. The number of methoxy groups -OCH3 is 2.